The minimum Gasteiger partial charge on any atom is -0.464 e. The molecule has 1 saturated heterocycles. The van der Waals surface area contributed by atoms with Crippen molar-refractivity contribution in [1.82, 2.24) is 20.0 Å². The van der Waals surface area contributed by atoms with Crippen LogP contribution in [0.2, 0.25) is 0 Å². The molecule has 0 atom stereocenters. The zero-order chi connectivity index (χ0) is 22.2. The molecule has 0 aromatic carbocycles. The number of nitrogens with two attached hydrogens (primary N) is 1. The van der Waals surface area contributed by atoms with Crippen LogP contribution in [-0.2, 0) is 23.6 Å². The van der Waals surface area contributed by atoms with Crippen molar-refractivity contribution in [3.8, 4) is 0 Å². The molecule has 30 heavy (non-hydrogen) atoms. The largest absolute Gasteiger partial charge is 0.464 e. The summed E-state index contributed by atoms with van der Waals surface area (Å²) in [5, 5.41) is 12.7. The fraction of sp³-hybridized carbons (Fsp3) is 0.579. The van der Waals surface area contributed by atoms with Gasteiger partial charge >= 0.3 is 0 Å². The molecule has 0 unspecified atom stereocenters. The monoisotopic (exact) mass is 438 g/mol. The van der Waals surface area contributed by atoms with Crippen molar-refractivity contribution in [3.05, 3.63) is 28.3 Å². The molecule has 2 aromatic heterocycles. The number of likely N-dealkylation sites (N-methyl/N-ethyl adjacent to an activating group) is 1. The molecule has 3 N–H and O–H groups in total. The first kappa shape index (κ1) is 22.3. The number of carbonyl (C=O) groups excluding carboxylic acids is 1. The summed E-state index contributed by atoms with van der Waals surface area (Å²) in [5.41, 5.74) is 1.68. The molecule has 0 bridgehead atoms. The average molecular weight is 439 g/mol. The third kappa shape index (κ3) is 4.37. The number of anilines is 1. The first-order valence-corrected chi connectivity index (χ1v) is 11.4. The van der Waals surface area contributed by atoms with E-state index in [1.54, 1.807) is 6.92 Å². The van der Waals surface area contributed by atoms with Crippen LogP contribution in [0.3, 0.4) is 0 Å². The van der Waals surface area contributed by atoms with Crippen molar-refractivity contribution >= 4 is 21.7 Å². The van der Waals surface area contributed by atoms with Crippen LogP contribution < -0.4 is 15.4 Å². The van der Waals surface area contributed by atoms with E-state index >= 15 is 0 Å². The van der Waals surface area contributed by atoms with Crippen molar-refractivity contribution in [3.63, 3.8) is 0 Å². The fourth-order valence-electron chi connectivity index (χ4n) is 4.08. The number of hydrogen-bond acceptors (Lipinski definition) is 7. The molecule has 1 amide bonds. The lowest BCUT2D eigenvalue weighted by Crippen LogP contribution is -2.32. The number of nitrogens with one attached hydrogen (secondary N) is 1. The summed E-state index contributed by atoms with van der Waals surface area (Å²) in [4.78, 5) is 17.2. The second-order valence-corrected chi connectivity index (χ2v) is 9.30. The maximum Gasteiger partial charge on any atom is 0.256 e. The number of sulfonamides is 1. The number of aryl methyl sites for hydroxylation is 4. The Morgan fingerprint density at radius 1 is 1.13 bits per heavy atom. The van der Waals surface area contributed by atoms with Gasteiger partial charge in [0, 0.05) is 38.8 Å². The van der Waals surface area contributed by atoms with Crippen LogP contribution in [0.4, 0.5) is 5.82 Å². The Morgan fingerprint density at radius 3 is 2.50 bits per heavy atom. The molecule has 11 heteroatoms. The number of hydrogen-bond donors (Lipinski definition) is 2. The Hall–Kier alpha value is -2.37. The fourth-order valence-corrected chi connectivity index (χ4v) is 5.04. The second-order valence-electron chi connectivity index (χ2n) is 7.80. The van der Waals surface area contributed by atoms with Gasteiger partial charge in [0.25, 0.3) is 5.91 Å². The Balaban J connectivity index is 1.86. The lowest BCUT2D eigenvalue weighted by molar-refractivity contribution is 0.0946. The second kappa shape index (κ2) is 8.40. The van der Waals surface area contributed by atoms with Crippen LogP contribution >= 0.6 is 0 Å². The van der Waals surface area contributed by atoms with E-state index in [-0.39, 0.29) is 28.5 Å². The summed E-state index contributed by atoms with van der Waals surface area (Å²) in [6, 6.07) is 0. The van der Waals surface area contributed by atoms with Gasteiger partial charge in [-0.25, -0.2) is 13.6 Å². The molecule has 2 aromatic rings. The van der Waals surface area contributed by atoms with E-state index in [0.717, 1.165) is 49.7 Å². The van der Waals surface area contributed by atoms with Gasteiger partial charge in [0.05, 0.1) is 5.69 Å². The Bertz CT molecular complexity index is 1060. The number of amides is 1. The van der Waals surface area contributed by atoms with Crippen molar-refractivity contribution in [2.75, 3.05) is 38.1 Å². The Labute approximate surface area is 177 Å². The highest BCUT2D eigenvalue weighted by molar-refractivity contribution is 7.89. The van der Waals surface area contributed by atoms with Gasteiger partial charge in [0.2, 0.25) is 10.0 Å². The third-order valence-electron chi connectivity index (χ3n) is 5.47. The molecule has 1 aliphatic rings. The van der Waals surface area contributed by atoms with Crippen molar-refractivity contribution in [2.45, 2.75) is 38.6 Å². The van der Waals surface area contributed by atoms with Gasteiger partial charge in [-0.15, -0.1) is 0 Å². The van der Waals surface area contributed by atoms with Crippen LogP contribution in [-0.4, -0.2) is 62.2 Å². The smallest absolute Gasteiger partial charge is 0.256 e. The molecule has 3 heterocycles. The Kier molecular flexibility index (Phi) is 6.25. The number of nitrogens with zero attached hydrogens (tertiary/aromatic N) is 4. The zero-order valence-electron chi connectivity index (χ0n) is 18.2. The van der Waals surface area contributed by atoms with Gasteiger partial charge in [-0.1, -0.05) is 0 Å². The molecule has 3 rings (SSSR count). The number of primary sulfonamides is 1. The van der Waals surface area contributed by atoms with E-state index in [0.29, 0.717) is 0 Å². The molecule has 10 nitrogen and oxygen atoms in total. The van der Waals surface area contributed by atoms with Gasteiger partial charge < -0.3 is 19.5 Å². The molecular formula is C19H30N6O4S. The molecule has 1 aliphatic heterocycles. The molecular weight excluding hydrogens is 408 g/mol. The molecule has 1 fully saturated rings. The van der Waals surface area contributed by atoms with E-state index in [1.165, 1.54) is 6.92 Å². The summed E-state index contributed by atoms with van der Waals surface area (Å²) in [6.45, 7) is 8.89. The minimum atomic E-state index is -4.09. The quantitative estimate of drug-likeness (QED) is 0.702. The van der Waals surface area contributed by atoms with E-state index in [2.05, 4.69) is 27.3 Å². The van der Waals surface area contributed by atoms with Crippen LogP contribution in [0.5, 0.6) is 0 Å². The summed E-state index contributed by atoms with van der Waals surface area (Å²) < 4.78 is 31.1. The first-order chi connectivity index (χ1) is 14.0. The standard InChI is InChI=1S/C19H30N6O4S/c1-12-15(19(24(5)22-12)25-8-6-7-23(4)9-10-25)11-21-18(26)16-13(2)29-14(3)17(16)30(20,27)28/h6-11H2,1-5H3,(H,21,26)(H2,20,27,28). The third-order valence-corrected chi connectivity index (χ3v) is 6.54. The van der Waals surface area contributed by atoms with Crippen molar-refractivity contribution in [2.24, 2.45) is 12.2 Å². The van der Waals surface area contributed by atoms with Crippen molar-refractivity contribution in [1.29, 1.82) is 0 Å². The molecule has 0 radical (unpaired) electrons. The normalized spacial score (nSPS) is 16.0. The summed E-state index contributed by atoms with van der Waals surface area (Å²) >= 11 is 0. The predicted octanol–water partition coefficient (Wildman–Crippen LogP) is 0.658. The van der Waals surface area contributed by atoms with Gasteiger partial charge in [0.1, 0.15) is 27.8 Å². The van der Waals surface area contributed by atoms with Gasteiger partial charge in [-0.2, -0.15) is 5.10 Å². The maximum atomic E-state index is 12.9. The van der Waals surface area contributed by atoms with Crippen LogP contribution in [0.15, 0.2) is 9.31 Å². The summed E-state index contributed by atoms with van der Waals surface area (Å²) in [6.07, 6.45) is 1.04. The van der Waals surface area contributed by atoms with Gasteiger partial charge in [0.15, 0.2) is 0 Å². The van der Waals surface area contributed by atoms with Crippen LogP contribution in [0.1, 0.15) is 39.6 Å². The number of aromatic nitrogens is 2. The first-order valence-electron chi connectivity index (χ1n) is 9.87. The van der Waals surface area contributed by atoms with Crippen LogP contribution in [0.25, 0.3) is 0 Å². The SMILES string of the molecule is Cc1nn(C)c(N2CCCN(C)CC2)c1CNC(=O)c1c(C)oc(C)c1S(N)(=O)=O. The van der Waals surface area contributed by atoms with Gasteiger partial charge in [-0.3, -0.25) is 9.48 Å². The zero-order valence-corrected chi connectivity index (χ0v) is 19.0. The van der Waals surface area contributed by atoms with Gasteiger partial charge in [-0.05, 0) is 40.8 Å². The highest BCUT2D eigenvalue weighted by Gasteiger charge is 2.29. The summed E-state index contributed by atoms with van der Waals surface area (Å²) in [5.74, 6) is 0.743. The summed E-state index contributed by atoms with van der Waals surface area (Å²) in [7, 11) is -0.0915. The lowest BCUT2D eigenvalue weighted by atomic mass is 10.2. The molecule has 166 valence electrons. The number of rotatable bonds is 5. The van der Waals surface area contributed by atoms with E-state index in [4.69, 9.17) is 9.56 Å². The Morgan fingerprint density at radius 2 is 1.83 bits per heavy atom. The lowest BCUT2D eigenvalue weighted by Gasteiger charge is -2.24. The molecule has 0 spiro atoms. The number of furan rings is 1. The highest BCUT2D eigenvalue weighted by atomic mass is 32.2. The topological polar surface area (TPSA) is 127 Å². The van der Waals surface area contributed by atoms with E-state index in [9.17, 15) is 13.2 Å². The predicted molar refractivity (Wildman–Crippen MR) is 113 cm³/mol. The molecule has 0 saturated carbocycles. The minimum absolute atomic E-state index is 0.0468. The maximum absolute atomic E-state index is 12.9. The van der Waals surface area contributed by atoms with Crippen LogP contribution in [0, 0.1) is 20.8 Å². The van der Waals surface area contributed by atoms with Crippen molar-refractivity contribution < 1.29 is 17.6 Å². The average Bonchev–Trinajstić information content (AvgIpc) is 2.99. The van der Waals surface area contributed by atoms with E-state index in [1.807, 2.05) is 18.7 Å². The number of carbonyl (C=O) groups is 1. The highest BCUT2D eigenvalue weighted by Crippen LogP contribution is 2.27. The van der Waals surface area contributed by atoms with E-state index < -0.39 is 15.9 Å². The molecule has 0 aliphatic carbocycles.